The number of methoxy groups -OCH3 is 1. The van der Waals surface area contributed by atoms with E-state index < -0.39 is 23.3 Å². The van der Waals surface area contributed by atoms with Crippen molar-refractivity contribution < 1.29 is 28.6 Å². The molecule has 0 saturated heterocycles. The molecular weight excluding hydrogens is 257 g/mol. The third-order valence-corrected chi connectivity index (χ3v) is 2.15. The van der Waals surface area contributed by atoms with Crippen LogP contribution in [0.15, 0.2) is 18.2 Å². The van der Waals surface area contributed by atoms with Crippen LogP contribution in [0.1, 0.15) is 10.4 Å². The fourth-order valence-electron chi connectivity index (χ4n) is 1.27. The molecule has 0 aliphatic rings. The second-order valence-corrected chi connectivity index (χ2v) is 3.59. The van der Waals surface area contributed by atoms with Crippen LogP contribution < -0.4 is 5.32 Å². The monoisotopic (exact) mass is 271 g/mol. The second kappa shape index (κ2) is 7.45. The number of hydrogen-bond donors (Lipinski definition) is 2. The summed E-state index contributed by atoms with van der Waals surface area (Å²) in [5.74, 6) is -2.73. The largest absolute Gasteiger partial charge is 0.478 e. The number of aromatic carboxylic acids is 1. The van der Waals surface area contributed by atoms with Crippen molar-refractivity contribution in [2.24, 2.45) is 0 Å². The molecule has 1 aromatic carbocycles. The van der Waals surface area contributed by atoms with Gasteiger partial charge in [-0.25, -0.2) is 9.18 Å². The Labute approximate surface area is 109 Å². The summed E-state index contributed by atoms with van der Waals surface area (Å²) in [5, 5.41) is 11.0. The minimum Gasteiger partial charge on any atom is -0.478 e. The molecule has 0 aliphatic heterocycles. The summed E-state index contributed by atoms with van der Waals surface area (Å²) in [6, 6.07) is 3.33. The summed E-state index contributed by atoms with van der Waals surface area (Å²) >= 11 is 0. The van der Waals surface area contributed by atoms with Gasteiger partial charge in [-0.3, -0.25) is 4.79 Å². The number of nitrogens with one attached hydrogen (secondary N) is 1. The highest BCUT2D eigenvalue weighted by Crippen LogP contribution is 2.14. The molecule has 1 amide bonds. The number of amides is 1. The van der Waals surface area contributed by atoms with E-state index in [1.807, 2.05) is 0 Å². The first kappa shape index (κ1) is 15.1. The van der Waals surface area contributed by atoms with Crippen LogP contribution in [0.5, 0.6) is 0 Å². The lowest BCUT2D eigenvalue weighted by Crippen LogP contribution is -2.19. The highest BCUT2D eigenvalue weighted by molar-refractivity contribution is 5.93. The third kappa shape index (κ3) is 5.02. The minimum absolute atomic E-state index is 0.169. The lowest BCUT2D eigenvalue weighted by atomic mass is 10.2. The van der Waals surface area contributed by atoms with E-state index in [2.05, 4.69) is 5.32 Å². The van der Waals surface area contributed by atoms with Gasteiger partial charge in [-0.15, -0.1) is 0 Å². The first-order valence-corrected chi connectivity index (χ1v) is 5.44. The Morgan fingerprint density at radius 2 is 2.11 bits per heavy atom. The number of hydrogen-bond acceptors (Lipinski definition) is 4. The Morgan fingerprint density at radius 3 is 2.68 bits per heavy atom. The Balaban J connectivity index is 2.51. The van der Waals surface area contributed by atoms with Crippen LogP contribution in [-0.2, 0) is 14.3 Å². The number of benzene rings is 1. The fourth-order valence-corrected chi connectivity index (χ4v) is 1.27. The number of rotatable bonds is 7. The zero-order chi connectivity index (χ0) is 14.3. The van der Waals surface area contributed by atoms with Crippen molar-refractivity contribution in [3.05, 3.63) is 29.6 Å². The number of ether oxygens (including phenoxy) is 2. The standard InChI is InChI=1S/C12H14FNO5/c1-18-4-5-19-7-11(15)14-8-2-3-9(12(16)17)10(13)6-8/h2-3,6H,4-5,7H2,1H3,(H,14,15)(H,16,17). The molecule has 0 bridgehead atoms. The van der Waals surface area contributed by atoms with E-state index in [1.54, 1.807) is 0 Å². The van der Waals surface area contributed by atoms with Gasteiger partial charge in [0.2, 0.25) is 5.91 Å². The summed E-state index contributed by atoms with van der Waals surface area (Å²) in [5.41, 5.74) is -0.280. The molecule has 6 nitrogen and oxygen atoms in total. The van der Waals surface area contributed by atoms with Gasteiger partial charge in [0.15, 0.2) is 0 Å². The number of halogens is 1. The van der Waals surface area contributed by atoms with E-state index >= 15 is 0 Å². The van der Waals surface area contributed by atoms with Crippen LogP contribution in [-0.4, -0.2) is 43.9 Å². The highest BCUT2D eigenvalue weighted by Gasteiger charge is 2.11. The van der Waals surface area contributed by atoms with Crippen LogP contribution in [0.2, 0.25) is 0 Å². The topological polar surface area (TPSA) is 84.9 Å². The van der Waals surface area contributed by atoms with Crippen LogP contribution in [0.3, 0.4) is 0 Å². The van der Waals surface area contributed by atoms with Crippen molar-refractivity contribution in [1.29, 1.82) is 0 Å². The predicted octanol–water partition coefficient (Wildman–Crippen LogP) is 1.13. The van der Waals surface area contributed by atoms with Gasteiger partial charge < -0.3 is 19.9 Å². The Hall–Kier alpha value is -1.99. The number of carboxylic acid groups (broad SMARTS) is 1. The van der Waals surface area contributed by atoms with Crippen molar-refractivity contribution in [3.63, 3.8) is 0 Å². The summed E-state index contributed by atoms with van der Waals surface area (Å²) in [6.07, 6.45) is 0. The molecule has 1 aromatic rings. The van der Waals surface area contributed by atoms with E-state index in [4.69, 9.17) is 14.6 Å². The minimum atomic E-state index is -1.36. The molecular formula is C12H14FNO5. The Kier molecular flexibility index (Phi) is 5.91. The average molecular weight is 271 g/mol. The highest BCUT2D eigenvalue weighted by atomic mass is 19.1. The first-order chi connectivity index (χ1) is 9.04. The summed E-state index contributed by atoms with van der Waals surface area (Å²) < 4.78 is 23.0. The van der Waals surface area contributed by atoms with Crippen LogP contribution >= 0.6 is 0 Å². The van der Waals surface area contributed by atoms with Crippen molar-refractivity contribution in [1.82, 2.24) is 0 Å². The fraction of sp³-hybridized carbons (Fsp3) is 0.333. The van der Waals surface area contributed by atoms with E-state index in [0.717, 1.165) is 12.1 Å². The van der Waals surface area contributed by atoms with Gasteiger partial charge in [0.1, 0.15) is 12.4 Å². The van der Waals surface area contributed by atoms with Gasteiger partial charge in [-0.1, -0.05) is 0 Å². The van der Waals surface area contributed by atoms with Crippen LogP contribution in [0, 0.1) is 5.82 Å². The molecule has 0 atom stereocenters. The van der Waals surface area contributed by atoms with Crippen molar-refractivity contribution in [2.75, 3.05) is 32.2 Å². The Bertz CT molecular complexity index is 463. The molecule has 2 N–H and O–H groups in total. The molecule has 7 heteroatoms. The van der Waals surface area contributed by atoms with Gasteiger partial charge in [-0.05, 0) is 18.2 Å². The lowest BCUT2D eigenvalue weighted by Gasteiger charge is -2.07. The molecule has 0 radical (unpaired) electrons. The van der Waals surface area contributed by atoms with E-state index in [9.17, 15) is 14.0 Å². The van der Waals surface area contributed by atoms with E-state index in [0.29, 0.717) is 6.61 Å². The molecule has 0 aromatic heterocycles. The quantitative estimate of drug-likeness (QED) is 0.726. The van der Waals surface area contributed by atoms with Crippen LogP contribution in [0.4, 0.5) is 10.1 Å². The van der Waals surface area contributed by atoms with Gasteiger partial charge >= 0.3 is 5.97 Å². The molecule has 104 valence electrons. The maximum atomic E-state index is 13.3. The molecule has 0 aliphatic carbocycles. The number of carboxylic acids is 1. The second-order valence-electron chi connectivity index (χ2n) is 3.59. The third-order valence-electron chi connectivity index (χ3n) is 2.15. The van der Waals surface area contributed by atoms with Gasteiger partial charge in [0.25, 0.3) is 0 Å². The van der Waals surface area contributed by atoms with Crippen molar-refractivity contribution in [2.45, 2.75) is 0 Å². The normalized spacial score (nSPS) is 10.2. The van der Waals surface area contributed by atoms with E-state index in [1.165, 1.54) is 13.2 Å². The van der Waals surface area contributed by atoms with Crippen molar-refractivity contribution >= 4 is 17.6 Å². The zero-order valence-electron chi connectivity index (χ0n) is 10.3. The van der Waals surface area contributed by atoms with E-state index in [-0.39, 0.29) is 18.9 Å². The zero-order valence-corrected chi connectivity index (χ0v) is 10.3. The predicted molar refractivity (Wildman–Crippen MR) is 64.7 cm³/mol. The van der Waals surface area contributed by atoms with Crippen molar-refractivity contribution in [3.8, 4) is 0 Å². The maximum absolute atomic E-state index is 13.3. The number of anilines is 1. The SMILES string of the molecule is COCCOCC(=O)Nc1ccc(C(=O)O)c(F)c1. The smallest absolute Gasteiger partial charge is 0.338 e. The first-order valence-electron chi connectivity index (χ1n) is 5.44. The molecule has 19 heavy (non-hydrogen) atoms. The number of carbonyl (C=O) groups excluding carboxylic acids is 1. The Morgan fingerprint density at radius 1 is 1.37 bits per heavy atom. The molecule has 0 unspecified atom stereocenters. The van der Waals surface area contributed by atoms with Gasteiger partial charge in [0, 0.05) is 12.8 Å². The number of carbonyl (C=O) groups is 2. The molecule has 0 heterocycles. The summed E-state index contributed by atoms with van der Waals surface area (Å²) in [7, 11) is 1.51. The van der Waals surface area contributed by atoms with Gasteiger partial charge in [0.05, 0.1) is 18.8 Å². The molecule has 0 spiro atoms. The van der Waals surface area contributed by atoms with Gasteiger partial charge in [-0.2, -0.15) is 0 Å². The molecule has 0 saturated carbocycles. The molecule has 1 rings (SSSR count). The summed E-state index contributed by atoms with van der Waals surface area (Å²) in [6.45, 7) is 0.455. The lowest BCUT2D eigenvalue weighted by molar-refractivity contribution is -0.121. The molecule has 0 fully saturated rings. The van der Waals surface area contributed by atoms with Crippen LogP contribution in [0.25, 0.3) is 0 Å². The maximum Gasteiger partial charge on any atom is 0.338 e. The summed E-state index contributed by atoms with van der Waals surface area (Å²) in [4.78, 5) is 22.0. The average Bonchev–Trinajstić information content (AvgIpc) is 2.34.